The zero-order valence-electron chi connectivity index (χ0n) is 17.5. The Bertz CT molecular complexity index is 1140. The average molecular weight is 435 g/mol. The normalized spacial score (nSPS) is 13.7. The van der Waals surface area contributed by atoms with E-state index in [1.54, 1.807) is 59.3 Å². The molecule has 2 aromatic carbocycles. The highest BCUT2D eigenvalue weighted by molar-refractivity contribution is 6.09. The van der Waals surface area contributed by atoms with Crippen molar-refractivity contribution in [1.29, 1.82) is 0 Å². The lowest BCUT2D eigenvalue weighted by molar-refractivity contribution is 0.0533. The molecule has 3 amide bonds. The van der Waals surface area contributed by atoms with E-state index in [0.717, 1.165) is 0 Å². The highest BCUT2D eigenvalue weighted by Crippen LogP contribution is 2.24. The van der Waals surface area contributed by atoms with Crippen molar-refractivity contribution >= 4 is 23.4 Å². The monoisotopic (exact) mass is 435 g/mol. The molecule has 2 heterocycles. The van der Waals surface area contributed by atoms with Gasteiger partial charge in [-0.25, -0.2) is 4.39 Å². The van der Waals surface area contributed by atoms with E-state index in [-0.39, 0.29) is 29.0 Å². The Morgan fingerprint density at radius 1 is 0.812 bits per heavy atom. The minimum absolute atomic E-state index is 0.0238. The largest absolute Gasteiger partial charge is 0.459 e. The van der Waals surface area contributed by atoms with E-state index in [4.69, 9.17) is 4.42 Å². The van der Waals surface area contributed by atoms with Crippen LogP contribution in [-0.4, -0.2) is 60.7 Å². The van der Waals surface area contributed by atoms with Gasteiger partial charge in [0.15, 0.2) is 5.76 Å². The Morgan fingerprint density at radius 2 is 1.38 bits per heavy atom. The van der Waals surface area contributed by atoms with Gasteiger partial charge < -0.3 is 19.1 Å². The smallest absolute Gasteiger partial charge is 0.293 e. The average Bonchev–Trinajstić information content (AvgIpc) is 3.38. The molecule has 1 saturated heterocycles. The number of anilines is 1. The molecule has 8 heteroatoms. The lowest BCUT2D eigenvalue weighted by Crippen LogP contribution is -2.51. The molecule has 1 fully saturated rings. The molecule has 1 aliphatic rings. The topological polar surface area (TPSA) is 74.1 Å². The van der Waals surface area contributed by atoms with Crippen molar-refractivity contribution in [1.82, 2.24) is 9.80 Å². The van der Waals surface area contributed by atoms with Gasteiger partial charge >= 0.3 is 0 Å². The maximum absolute atomic E-state index is 14.0. The summed E-state index contributed by atoms with van der Waals surface area (Å²) in [4.78, 5) is 43.1. The van der Waals surface area contributed by atoms with E-state index >= 15 is 0 Å². The number of carbonyl (C=O) groups is 3. The molecule has 164 valence electrons. The summed E-state index contributed by atoms with van der Waals surface area (Å²) in [6, 6.07) is 15.9. The lowest BCUT2D eigenvalue weighted by Gasteiger charge is -2.35. The zero-order chi connectivity index (χ0) is 22.7. The van der Waals surface area contributed by atoms with Gasteiger partial charge in [0, 0.05) is 33.2 Å². The second-order valence-electron chi connectivity index (χ2n) is 7.42. The SMILES string of the molecule is CN(C(=O)c1ccco1)c1ccccc1C(=O)N1CCN(C(=O)c2ccccc2F)CC1. The predicted molar refractivity (Wildman–Crippen MR) is 116 cm³/mol. The quantitative estimate of drug-likeness (QED) is 0.630. The van der Waals surface area contributed by atoms with Gasteiger partial charge in [-0.3, -0.25) is 14.4 Å². The molecule has 1 aromatic heterocycles. The van der Waals surface area contributed by atoms with Crippen LogP contribution in [-0.2, 0) is 0 Å². The number of hydrogen-bond acceptors (Lipinski definition) is 4. The van der Waals surface area contributed by atoms with Crippen molar-refractivity contribution in [3.63, 3.8) is 0 Å². The van der Waals surface area contributed by atoms with Crippen molar-refractivity contribution in [2.24, 2.45) is 0 Å². The summed E-state index contributed by atoms with van der Waals surface area (Å²) < 4.78 is 19.1. The second kappa shape index (κ2) is 9.05. The number of carbonyl (C=O) groups excluding carboxylic acids is 3. The summed E-state index contributed by atoms with van der Waals surface area (Å²) in [5.41, 5.74) is 0.864. The fourth-order valence-corrected chi connectivity index (χ4v) is 3.71. The zero-order valence-corrected chi connectivity index (χ0v) is 17.5. The van der Waals surface area contributed by atoms with Gasteiger partial charge in [-0.05, 0) is 36.4 Å². The molecular formula is C24H22FN3O4. The van der Waals surface area contributed by atoms with Crippen LogP contribution in [0, 0.1) is 5.82 Å². The third kappa shape index (κ3) is 4.12. The second-order valence-corrected chi connectivity index (χ2v) is 7.42. The molecule has 0 radical (unpaired) electrons. The van der Waals surface area contributed by atoms with Gasteiger partial charge in [-0.1, -0.05) is 24.3 Å². The van der Waals surface area contributed by atoms with Crippen LogP contribution >= 0.6 is 0 Å². The first-order chi connectivity index (χ1) is 15.5. The van der Waals surface area contributed by atoms with E-state index in [1.807, 2.05) is 0 Å². The standard InChI is InChI=1S/C24H22FN3O4/c1-26(24(31)21-11-6-16-32-21)20-10-5-3-8-18(20)23(30)28-14-12-27(13-15-28)22(29)17-7-2-4-9-19(17)25/h2-11,16H,12-15H2,1H3. The number of nitrogens with zero attached hydrogens (tertiary/aromatic N) is 3. The molecular weight excluding hydrogens is 413 g/mol. The number of hydrogen-bond donors (Lipinski definition) is 0. The highest BCUT2D eigenvalue weighted by atomic mass is 19.1. The number of benzene rings is 2. The lowest BCUT2D eigenvalue weighted by atomic mass is 10.1. The molecule has 3 aromatic rings. The number of piperazine rings is 1. The van der Waals surface area contributed by atoms with Crippen LogP contribution in [0.25, 0.3) is 0 Å². The van der Waals surface area contributed by atoms with Crippen LogP contribution in [0.2, 0.25) is 0 Å². The number of amides is 3. The van der Waals surface area contributed by atoms with E-state index in [0.29, 0.717) is 37.4 Å². The minimum Gasteiger partial charge on any atom is -0.459 e. The third-order valence-electron chi connectivity index (χ3n) is 5.49. The first-order valence-corrected chi connectivity index (χ1v) is 10.2. The summed E-state index contributed by atoms with van der Waals surface area (Å²) in [5.74, 6) is -1.38. The molecule has 0 saturated carbocycles. The van der Waals surface area contributed by atoms with Crippen molar-refractivity contribution in [3.05, 3.63) is 89.6 Å². The van der Waals surface area contributed by atoms with Gasteiger partial charge in [-0.2, -0.15) is 0 Å². The van der Waals surface area contributed by atoms with E-state index in [9.17, 15) is 18.8 Å². The Morgan fingerprint density at radius 3 is 1.97 bits per heavy atom. The third-order valence-corrected chi connectivity index (χ3v) is 5.49. The Hall–Kier alpha value is -3.94. The molecule has 32 heavy (non-hydrogen) atoms. The first-order valence-electron chi connectivity index (χ1n) is 10.2. The Kier molecular flexibility index (Phi) is 6.02. The molecule has 0 spiro atoms. The van der Waals surface area contributed by atoms with E-state index in [2.05, 4.69) is 0 Å². The fraction of sp³-hybridized carbons (Fsp3) is 0.208. The minimum atomic E-state index is -0.561. The summed E-state index contributed by atoms with van der Waals surface area (Å²) in [7, 11) is 1.59. The van der Waals surface area contributed by atoms with Gasteiger partial charge in [0.05, 0.1) is 23.1 Å². The molecule has 0 aliphatic carbocycles. The van der Waals surface area contributed by atoms with Crippen LogP contribution in [0.4, 0.5) is 10.1 Å². The van der Waals surface area contributed by atoms with Gasteiger partial charge in [0.1, 0.15) is 5.82 Å². The number of furan rings is 1. The van der Waals surface area contributed by atoms with Crippen molar-refractivity contribution in [2.75, 3.05) is 38.1 Å². The van der Waals surface area contributed by atoms with E-state index < -0.39 is 5.82 Å². The maximum Gasteiger partial charge on any atom is 0.293 e. The fourth-order valence-electron chi connectivity index (χ4n) is 3.71. The number of halogens is 1. The van der Waals surface area contributed by atoms with Crippen LogP contribution in [0.5, 0.6) is 0 Å². The Balaban J connectivity index is 1.47. The molecule has 1 aliphatic heterocycles. The molecule has 0 atom stereocenters. The van der Waals surface area contributed by atoms with Gasteiger partial charge in [-0.15, -0.1) is 0 Å². The molecule has 0 N–H and O–H groups in total. The van der Waals surface area contributed by atoms with Crippen LogP contribution in [0.3, 0.4) is 0 Å². The summed E-state index contributed by atoms with van der Waals surface area (Å²) in [6.45, 7) is 1.21. The molecule has 0 bridgehead atoms. The summed E-state index contributed by atoms with van der Waals surface area (Å²) in [6.07, 6.45) is 1.42. The molecule has 4 rings (SSSR count). The summed E-state index contributed by atoms with van der Waals surface area (Å²) in [5, 5.41) is 0. The van der Waals surface area contributed by atoms with Crippen LogP contribution in [0.15, 0.2) is 71.3 Å². The van der Waals surface area contributed by atoms with Gasteiger partial charge in [0.2, 0.25) is 0 Å². The van der Waals surface area contributed by atoms with Crippen LogP contribution in [0.1, 0.15) is 31.3 Å². The first kappa shape index (κ1) is 21.3. The van der Waals surface area contributed by atoms with Crippen molar-refractivity contribution in [3.8, 4) is 0 Å². The predicted octanol–water partition coefficient (Wildman–Crippen LogP) is 3.29. The molecule has 7 nitrogen and oxygen atoms in total. The highest BCUT2D eigenvalue weighted by Gasteiger charge is 2.29. The Labute approximate surface area is 184 Å². The van der Waals surface area contributed by atoms with Crippen LogP contribution < -0.4 is 4.90 Å². The van der Waals surface area contributed by atoms with Crippen molar-refractivity contribution in [2.45, 2.75) is 0 Å². The van der Waals surface area contributed by atoms with E-state index in [1.165, 1.54) is 29.4 Å². The summed E-state index contributed by atoms with van der Waals surface area (Å²) >= 11 is 0. The number of para-hydroxylation sites is 1. The van der Waals surface area contributed by atoms with Crippen molar-refractivity contribution < 1.29 is 23.2 Å². The molecule has 0 unspecified atom stereocenters. The maximum atomic E-state index is 14.0. The van der Waals surface area contributed by atoms with Gasteiger partial charge in [0.25, 0.3) is 17.7 Å². The number of rotatable bonds is 4.